The van der Waals surface area contributed by atoms with E-state index in [1.807, 2.05) is 6.07 Å². The summed E-state index contributed by atoms with van der Waals surface area (Å²) in [7, 11) is 0. The smallest absolute Gasteiger partial charge is 0.333 e. The van der Waals surface area contributed by atoms with E-state index in [2.05, 4.69) is 74.2 Å². The van der Waals surface area contributed by atoms with E-state index in [4.69, 9.17) is 4.74 Å². The van der Waals surface area contributed by atoms with Crippen molar-refractivity contribution in [3.8, 4) is 22.3 Å². The van der Waals surface area contributed by atoms with Gasteiger partial charge in [-0.2, -0.15) is 0 Å². The van der Waals surface area contributed by atoms with Crippen molar-refractivity contribution in [2.45, 2.75) is 33.1 Å². The highest BCUT2D eigenvalue weighted by atomic mass is 16.5. The number of aliphatic hydroxyl groups excluding tert-OH is 1. The number of rotatable bonds is 9. The molecule has 31 heavy (non-hydrogen) atoms. The second-order valence-corrected chi connectivity index (χ2v) is 7.87. The molecule has 3 rings (SSSR count). The quantitative estimate of drug-likeness (QED) is 0.269. The molecule has 3 heteroatoms. The van der Waals surface area contributed by atoms with Gasteiger partial charge in [0.15, 0.2) is 0 Å². The van der Waals surface area contributed by atoms with Crippen LogP contribution in [-0.2, 0) is 22.4 Å². The van der Waals surface area contributed by atoms with E-state index in [0.717, 1.165) is 24.0 Å². The maximum absolute atomic E-state index is 11.6. The first kappa shape index (κ1) is 22.5. The predicted molar refractivity (Wildman–Crippen MR) is 127 cm³/mol. The van der Waals surface area contributed by atoms with E-state index in [9.17, 15) is 9.90 Å². The van der Waals surface area contributed by atoms with E-state index in [0.29, 0.717) is 18.6 Å². The molecule has 3 aromatic rings. The highest BCUT2D eigenvalue weighted by molar-refractivity contribution is 5.86. The van der Waals surface area contributed by atoms with Crippen LogP contribution in [0.2, 0.25) is 0 Å². The first-order valence-corrected chi connectivity index (χ1v) is 10.7. The Hall–Kier alpha value is -3.17. The van der Waals surface area contributed by atoms with Gasteiger partial charge in [0.1, 0.15) is 0 Å². The molecule has 0 aromatic heterocycles. The van der Waals surface area contributed by atoms with Crippen LogP contribution in [-0.4, -0.2) is 24.3 Å². The number of carbonyl (C=O) groups is 1. The molecule has 0 atom stereocenters. The summed E-state index contributed by atoms with van der Waals surface area (Å²) in [5.41, 5.74) is 8.73. The van der Waals surface area contributed by atoms with Gasteiger partial charge < -0.3 is 9.84 Å². The topological polar surface area (TPSA) is 46.5 Å². The zero-order valence-electron chi connectivity index (χ0n) is 18.4. The van der Waals surface area contributed by atoms with Crippen LogP contribution in [0.1, 0.15) is 30.0 Å². The summed E-state index contributed by atoms with van der Waals surface area (Å²) in [6, 6.07) is 23.4. The molecular formula is C28H30O3. The van der Waals surface area contributed by atoms with Gasteiger partial charge in [-0.1, -0.05) is 73.3 Å². The molecule has 0 bridgehead atoms. The van der Waals surface area contributed by atoms with Crippen LogP contribution in [0.15, 0.2) is 78.9 Å². The molecule has 0 radical (unpaired) electrons. The molecule has 0 aliphatic heterocycles. The fourth-order valence-corrected chi connectivity index (χ4v) is 3.74. The summed E-state index contributed by atoms with van der Waals surface area (Å²) in [6.07, 6.45) is 2.13. The average molecular weight is 415 g/mol. The van der Waals surface area contributed by atoms with Crippen LogP contribution in [0.25, 0.3) is 22.3 Å². The lowest BCUT2D eigenvalue weighted by Crippen LogP contribution is -2.07. The van der Waals surface area contributed by atoms with Gasteiger partial charge in [-0.3, -0.25) is 0 Å². The van der Waals surface area contributed by atoms with Crippen molar-refractivity contribution in [2.24, 2.45) is 0 Å². The lowest BCUT2D eigenvalue weighted by atomic mass is 9.92. The summed E-state index contributed by atoms with van der Waals surface area (Å²) < 4.78 is 5.23. The highest BCUT2D eigenvalue weighted by Crippen LogP contribution is 2.30. The van der Waals surface area contributed by atoms with Crippen molar-refractivity contribution < 1.29 is 14.6 Å². The van der Waals surface area contributed by atoms with Gasteiger partial charge >= 0.3 is 5.97 Å². The summed E-state index contributed by atoms with van der Waals surface area (Å²) >= 11 is 0. The lowest BCUT2D eigenvalue weighted by molar-refractivity contribution is -0.139. The second kappa shape index (κ2) is 10.7. The van der Waals surface area contributed by atoms with Crippen molar-refractivity contribution in [3.63, 3.8) is 0 Å². The summed E-state index contributed by atoms with van der Waals surface area (Å²) in [4.78, 5) is 11.6. The number of carbonyl (C=O) groups excluding carboxylic acids is 1. The second-order valence-electron chi connectivity index (χ2n) is 7.87. The summed E-state index contributed by atoms with van der Waals surface area (Å²) in [5, 5.41) is 9.44. The molecule has 1 N–H and O–H groups in total. The van der Waals surface area contributed by atoms with Crippen LogP contribution < -0.4 is 0 Å². The largest absolute Gasteiger partial charge is 0.462 e. The predicted octanol–water partition coefficient (Wildman–Crippen LogP) is 5.92. The number of hydrogen-bond donors (Lipinski definition) is 1. The van der Waals surface area contributed by atoms with E-state index in [-0.39, 0.29) is 12.6 Å². The number of benzene rings is 3. The first-order chi connectivity index (χ1) is 15.0. The fourth-order valence-electron chi connectivity index (χ4n) is 3.74. The Morgan fingerprint density at radius 3 is 2.32 bits per heavy atom. The molecule has 0 aliphatic rings. The number of esters is 1. The molecule has 0 amide bonds. The Balaban J connectivity index is 1.80. The Kier molecular flexibility index (Phi) is 7.80. The molecule has 0 unspecified atom stereocenters. The molecule has 0 spiro atoms. The van der Waals surface area contributed by atoms with Crippen LogP contribution in [0.5, 0.6) is 0 Å². The maximum Gasteiger partial charge on any atom is 0.333 e. The van der Waals surface area contributed by atoms with Gasteiger partial charge in [-0.05, 0) is 72.1 Å². The third-order valence-electron chi connectivity index (χ3n) is 5.40. The van der Waals surface area contributed by atoms with Crippen molar-refractivity contribution in [1.82, 2.24) is 0 Å². The Bertz CT molecular complexity index is 1050. The molecule has 0 fully saturated rings. The van der Waals surface area contributed by atoms with Crippen LogP contribution in [0, 0.1) is 6.92 Å². The van der Waals surface area contributed by atoms with Gasteiger partial charge in [-0.15, -0.1) is 0 Å². The minimum Gasteiger partial charge on any atom is -0.462 e. The van der Waals surface area contributed by atoms with E-state index in [1.54, 1.807) is 6.92 Å². The Labute approximate surface area is 185 Å². The van der Waals surface area contributed by atoms with Crippen LogP contribution >= 0.6 is 0 Å². The molecular weight excluding hydrogens is 384 g/mol. The average Bonchev–Trinajstić information content (AvgIpc) is 2.78. The van der Waals surface area contributed by atoms with Crippen LogP contribution in [0.3, 0.4) is 0 Å². The molecule has 0 saturated heterocycles. The SMILES string of the molecule is C=C(C)C(=O)OCCCc1cc(-c2ccc(-c3ccccc3)cc2C)ccc1CCO. The number of ether oxygens (including phenoxy) is 1. The van der Waals surface area contributed by atoms with Crippen molar-refractivity contribution in [3.05, 3.63) is 95.6 Å². The zero-order chi connectivity index (χ0) is 22.2. The minimum atomic E-state index is -0.349. The van der Waals surface area contributed by atoms with Crippen molar-refractivity contribution >= 4 is 5.97 Å². The normalized spacial score (nSPS) is 10.7. The number of hydrogen-bond acceptors (Lipinski definition) is 3. The summed E-state index contributed by atoms with van der Waals surface area (Å²) in [6.45, 7) is 7.87. The van der Waals surface area contributed by atoms with Gasteiger partial charge in [0.25, 0.3) is 0 Å². The Morgan fingerprint density at radius 1 is 0.903 bits per heavy atom. The van der Waals surface area contributed by atoms with Gasteiger partial charge in [-0.25, -0.2) is 4.79 Å². The third-order valence-corrected chi connectivity index (χ3v) is 5.40. The lowest BCUT2D eigenvalue weighted by Gasteiger charge is -2.14. The minimum absolute atomic E-state index is 0.113. The molecule has 3 nitrogen and oxygen atoms in total. The highest BCUT2D eigenvalue weighted by Gasteiger charge is 2.10. The van der Waals surface area contributed by atoms with E-state index in [1.165, 1.54) is 27.8 Å². The molecule has 3 aromatic carbocycles. The third kappa shape index (κ3) is 5.93. The molecule has 0 heterocycles. The van der Waals surface area contributed by atoms with Crippen LogP contribution in [0.4, 0.5) is 0 Å². The molecule has 0 aliphatic carbocycles. The van der Waals surface area contributed by atoms with E-state index < -0.39 is 0 Å². The first-order valence-electron chi connectivity index (χ1n) is 10.7. The maximum atomic E-state index is 11.6. The standard InChI is InChI=1S/C28H30O3/c1-20(2)28(30)31-17-7-10-24-19-26(12-11-23(24)15-16-29)27-14-13-25(18-21(27)3)22-8-5-4-6-9-22/h4-6,8-9,11-14,18-19,29H,1,7,10,15-17H2,2-3H3. The number of aryl methyl sites for hydroxylation is 2. The summed E-state index contributed by atoms with van der Waals surface area (Å²) in [5.74, 6) is -0.349. The van der Waals surface area contributed by atoms with E-state index >= 15 is 0 Å². The van der Waals surface area contributed by atoms with Crippen molar-refractivity contribution in [2.75, 3.05) is 13.2 Å². The monoisotopic (exact) mass is 414 g/mol. The Morgan fingerprint density at radius 2 is 1.65 bits per heavy atom. The molecule has 0 saturated carbocycles. The fraction of sp³-hybridized carbons (Fsp3) is 0.250. The van der Waals surface area contributed by atoms with Gasteiger partial charge in [0, 0.05) is 12.2 Å². The number of aliphatic hydroxyl groups is 1. The zero-order valence-corrected chi connectivity index (χ0v) is 18.4. The molecule has 160 valence electrons. The van der Waals surface area contributed by atoms with Gasteiger partial charge in [0.05, 0.1) is 6.61 Å². The van der Waals surface area contributed by atoms with Crippen molar-refractivity contribution in [1.29, 1.82) is 0 Å². The van der Waals surface area contributed by atoms with Gasteiger partial charge in [0.2, 0.25) is 0 Å².